The Balaban J connectivity index is 3.40. The van der Waals surface area contributed by atoms with E-state index in [1.54, 1.807) is 7.11 Å². The quantitative estimate of drug-likeness (QED) is 0.590. The first-order valence-electron chi connectivity index (χ1n) is 3.65. The van der Waals surface area contributed by atoms with Crippen molar-refractivity contribution in [1.82, 2.24) is 0 Å². The summed E-state index contributed by atoms with van der Waals surface area (Å²) < 4.78 is 5.08. The topological polar surface area (TPSA) is 29.5 Å². The molecule has 0 aromatic heterocycles. The number of aliphatic hydroxyl groups is 1. The predicted molar refractivity (Wildman–Crippen MR) is 41.9 cm³/mol. The lowest BCUT2D eigenvalue weighted by molar-refractivity contribution is 0.137. The van der Waals surface area contributed by atoms with Crippen LogP contribution in [0.15, 0.2) is 12.2 Å². The van der Waals surface area contributed by atoms with Crippen molar-refractivity contribution in [3.8, 4) is 0 Å². The Morgan fingerprint density at radius 1 is 1.60 bits per heavy atom. The SMILES string of the molecule is CCC(C=CCCO)OC. The fourth-order valence-electron chi connectivity index (χ4n) is 0.704. The van der Waals surface area contributed by atoms with Gasteiger partial charge in [-0.05, 0) is 12.8 Å². The molecule has 2 nitrogen and oxygen atoms in total. The van der Waals surface area contributed by atoms with E-state index < -0.39 is 0 Å². The van der Waals surface area contributed by atoms with E-state index in [9.17, 15) is 0 Å². The Morgan fingerprint density at radius 3 is 2.70 bits per heavy atom. The van der Waals surface area contributed by atoms with Crippen molar-refractivity contribution in [3.05, 3.63) is 12.2 Å². The van der Waals surface area contributed by atoms with Gasteiger partial charge in [-0.15, -0.1) is 0 Å². The summed E-state index contributed by atoms with van der Waals surface area (Å²) in [4.78, 5) is 0. The lowest BCUT2D eigenvalue weighted by atomic mass is 10.2. The standard InChI is InChI=1S/C8H16O2/c1-3-8(10-2)6-4-5-7-9/h4,6,8-9H,3,5,7H2,1-2H3. The van der Waals surface area contributed by atoms with Crippen LogP contribution in [0.25, 0.3) is 0 Å². The average molecular weight is 144 g/mol. The smallest absolute Gasteiger partial charge is 0.0749 e. The van der Waals surface area contributed by atoms with E-state index in [1.807, 2.05) is 12.2 Å². The molecule has 1 N–H and O–H groups in total. The van der Waals surface area contributed by atoms with E-state index in [-0.39, 0.29) is 12.7 Å². The molecule has 1 atom stereocenters. The van der Waals surface area contributed by atoms with Crippen LogP contribution in [0.2, 0.25) is 0 Å². The Hall–Kier alpha value is -0.340. The number of ether oxygens (including phenoxy) is 1. The van der Waals surface area contributed by atoms with E-state index in [0.29, 0.717) is 0 Å². The van der Waals surface area contributed by atoms with Gasteiger partial charge < -0.3 is 9.84 Å². The summed E-state index contributed by atoms with van der Waals surface area (Å²) in [5.41, 5.74) is 0. The molecule has 0 aliphatic rings. The first kappa shape index (κ1) is 9.66. The molecule has 0 spiro atoms. The van der Waals surface area contributed by atoms with Gasteiger partial charge in [-0.1, -0.05) is 19.1 Å². The maximum Gasteiger partial charge on any atom is 0.0749 e. The zero-order valence-electron chi connectivity index (χ0n) is 6.71. The lowest BCUT2D eigenvalue weighted by Gasteiger charge is -2.05. The number of aliphatic hydroxyl groups excluding tert-OH is 1. The molecule has 1 unspecified atom stereocenters. The summed E-state index contributed by atoms with van der Waals surface area (Å²) in [6, 6.07) is 0. The van der Waals surface area contributed by atoms with Crippen molar-refractivity contribution in [3.63, 3.8) is 0 Å². The van der Waals surface area contributed by atoms with Gasteiger partial charge in [-0.3, -0.25) is 0 Å². The van der Waals surface area contributed by atoms with Gasteiger partial charge in [0.1, 0.15) is 0 Å². The molecular weight excluding hydrogens is 128 g/mol. The van der Waals surface area contributed by atoms with Crippen LogP contribution < -0.4 is 0 Å². The van der Waals surface area contributed by atoms with Crippen molar-refractivity contribution in [2.24, 2.45) is 0 Å². The van der Waals surface area contributed by atoms with Crippen LogP contribution in [0.4, 0.5) is 0 Å². The molecule has 0 saturated heterocycles. The number of rotatable bonds is 5. The molecule has 0 saturated carbocycles. The van der Waals surface area contributed by atoms with Gasteiger partial charge in [-0.2, -0.15) is 0 Å². The van der Waals surface area contributed by atoms with Gasteiger partial charge in [0.15, 0.2) is 0 Å². The summed E-state index contributed by atoms with van der Waals surface area (Å²) in [6.07, 6.45) is 5.85. The van der Waals surface area contributed by atoms with Gasteiger partial charge >= 0.3 is 0 Å². The van der Waals surface area contributed by atoms with Crippen LogP contribution in [0.5, 0.6) is 0 Å². The summed E-state index contributed by atoms with van der Waals surface area (Å²) >= 11 is 0. The number of hydrogen-bond acceptors (Lipinski definition) is 2. The predicted octanol–water partition coefficient (Wildman–Crippen LogP) is 1.35. The zero-order chi connectivity index (χ0) is 7.82. The van der Waals surface area contributed by atoms with E-state index in [1.165, 1.54) is 0 Å². The molecule has 0 aromatic rings. The van der Waals surface area contributed by atoms with Crippen LogP contribution >= 0.6 is 0 Å². The largest absolute Gasteiger partial charge is 0.396 e. The maximum absolute atomic E-state index is 8.43. The molecule has 0 aromatic carbocycles. The van der Waals surface area contributed by atoms with Crippen molar-refractivity contribution < 1.29 is 9.84 Å². The van der Waals surface area contributed by atoms with Crippen molar-refractivity contribution in [1.29, 1.82) is 0 Å². The third kappa shape index (κ3) is 4.53. The summed E-state index contributed by atoms with van der Waals surface area (Å²) in [6.45, 7) is 2.29. The molecule has 0 fully saturated rings. The monoisotopic (exact) mass is 144 g/mol. The highest BCUT2D eigenvalue weighted by atomic mass is 16.5. The Labute approximate surface area is 62.5 Å². The van der Waals surface area contributed by atoms with Crippen LogP contribution in [-0.4, -0.2) is 24.9 Å². The van der Waals surface area contributed by atoms with Crippen LogP contribution in [0.3, 0.4) is 0 Å². The molecule has 0 bridgehead atoms. The highest BCUT2D eigenvalue weighted by Crippen LogP contribution is 1.97. The van der Waals surface area contributed by atoms with Gasteiger partial charge in [0.2, 0.25) is 0 Å². The molecule has 0 amide bonds. The minimum absolute atomic E-state index is 0.214. The van der Waals surface area contributed by atoms with Gasteiger partial charge in [-0.25, -0.2) is 0 Å². The molecule has 10 heavy (non-hydrogen) atoms. The fraction of sp³-hybridized carbons (Fsp3) is 0.750. The highest BCUT2D eigenvalue weighted by molar-refractivity contribution is 4.88. The van der Waals surface area contributed by atoms with Crippen molar-refractivity contribution in [2.75, 3.05) is 13.7 Å². The van der Waals surface area contributed by atoms with Crippen molar-refractivity contribution in [2.45, 2.75) is 25.9 Å². The van der Waals surface area contributed by atoms with Crippen LogP contribution in [0.1, 0.15) is 19.8 Å². The minimum atomic E-state index is 0.214. The molecule has 0 aliphatic heterocycles. The minimum Gasteiger partial charge on any atom is -0.396 e. The normalized spacial score (nSPS) is 14.3. The van der Waals surface area contributed by atoms with E-state index >= 15 is 0 Å². The molecule has 0 aliphatic carbocycles. The van der Waals surface area contributed by atoms with Crippen LogP contribution in [0, 0.1) is 0 Å². The molecule has 2 heteroatoms. The van der Waals surface area contributed by atoms with Gasteiger partial charge in [0.05, 0.1) is 6.10 Å². The zero-order valence-corrected chi connectivity index (χ0v) is 6.71. The summed E-state index contributed by atoms with van der Waals surface area (Å²) in [5.74, 6) is 0. The number of methoxy groups -OCH3 is 1. The second kappa shape index (κ2) is 6.78. The second-order valence-corrected chi connectivity index (χ2v) is 2.12. The summed E-state index contributed by atoms with van der Waals surface area (Å²) in [5, 5.41) is 8.43. The van der Waals surface area contributed by atoms with E-state index in [2.05, 4.69) is 6.92 Å². The molecule has 0 heterocycles. The molecule has 60 valence electrons. The fourth-order valence-corrected chi connectivity index (χ4v) is 0.704. The Kier molecular flexibility index (Phi) is 6.55. The lowest BCUT2D eigenvalue weighted by Crippen LogP contribution is -2.03. The first-order chi connectivity index (χ1) is 4.85. The maximum atomic E-state index is 8.43. The molecular formula is C8H16O2. The van der Waals surface area contributed by atoms with E-state index in [0.717, 1.165) is 12.8 Å². The van der Waals surface area contributed by atoms with Crippen molar-refractivity contribution >= 4 is 0 Å². The molecule has 0 rings (SSSR count). The van der Waals surface area contributed by atoms with Gasteiger partial charge in [0.25, 0.3) is 0 Å². The average Bonchev–Trinajstić information content (AvgIpc) is 1.99. The third-order valence-corrected chi connectivity index (χ3v) is 1.35. The first-order valence-corrected chi connectivity index (χ1v) is 3.65. The number of hydrogen-bond donors (Lipinski definition) is 1. The second-order valence-electron chi connectivity index (χ2n) is 2.12. The highest BCUT2D eigenvalue weighted by Gasteiger charge is 1.95. The Morgan fingerprint density at radius 2 is 2.30 bits per heavy atom. The van der Waals surface area contributed by atoms with E-state index in [4.69, 9.17) is 9.84 Å². The molecule has 0 radical (unpaired) electrons. The summed E-state index contributed by atoms with van der Waals surface area (Å²) in [7, 11) is 1.69. The third-order valence-electron chi connectivity index (χ3n) is 1.35. The van der Waals surface area contributed by atoms with Crippen LogP contribution in [-0.2, 0) is 4.74 Å². The van der Waals surface area contributed by atoms with Gasteiger partial charge in [0, 0.05) is 13.7 Å². The Bertz CT molecular complexity index is 85.3.